The summed E-state index contributed by atoms with van der Waals surface area (Å²) in [6.45, 7) is 3.86. The second-order valence-electron chi connectivity index (χ2n) is 4.42. The van der Waals surface area contributed by atoms with Gasteiger partial charge in [0.15, 0.2) is 17.2 Å². The predicted molar refractivity (Wildman–Crippen MR) is 75.3 cm³/mol. The van der Waals surface area contributed by atoms with Crippen LogP contribution in [0.15, 0.2) is 40.8 Å². The minimum Gasteiger partial charge on any atom is -0.380 e. The van der Waals surface area contributed by atoms with Crippen molar-refractivity contribution >= 4 is 22.8 Å². The maximum Gasteiger partial charge on any atom is 0.185 e. The Morgan fingerprint density at radius 2 is 2.10 bits per heavy atom. The second kappa shape index (κ2) is 4.69. The fourth-order valence-electron chi connectivity index (χ4n) is 1.94. The lowest BCUT2D eigenvalue weighted by Gasteiger charge is -1.99. The van der Waals surface area contributed by atoms with Crippen LogP contribution in [0, 0.1) is 13.8 Å². The molecule has 7 nitrogen and oxygen atoms in total. The Balaban J connectivity index is 2.12. The first-order chi connectivity index (χ1) is 9.65. The highest BCUT2D eigenvalue weighted by molar-refractivity contribution is 5.75. The summed E-state index contributed by atoms with van der Waals surface area (Å²) in [5, 5.41) is 12.5. The topological polar surface area (TPSA) is 93.8 Å². The molecule has 0 spiro atoms. The van der Waals surface area contributed by atoms with Crippen molar-refractivity contribution in [3.63, 3.8) is 0 Å². The zero-order chi connectivity index (χ0) is 14.1. The van der Waals surface area contributed by atoms with Crippen LogP contribution in [0.25, 0.3) is 5.65 Å². The first kappa shape index (κ1) is 12.2. The molecule has 0 aliphatic rings. The molecular formula is C13H13N7. The molecule has 0 fully saturated rings. The lowest BCUT2D eigenvalue weighted by atomic mass is 10.3. The molecule has 3 aromatic rings. The van der Waals surface area contributed by atoms with E-state index in [1.807, 2.05) is 26.0 Å². The standard InChI is InChI=1S/C13H13N7/c1-8-6-9(2)20-13(16-8)11(12(14)19-20)18-17-10-4-3-5-15-7-10/h3-7H,1-2H3,(H2,14,19). The third-order valence-electron chi connectivity index (χ3n) is 2.81. The average Bonchev–Trinajstić information content (AvgIpc) is 2.74. The van der Waals surface area contributed by atoms with E-state index in [0.29, 0.717) is 22.8 Å². The van der Waals surface area contributed by atoms with Crippen LogP contribution < -0.4 is 5.73 Å². The van der Waals surface area contributed by atoms with Gasteiger partial charge in [0.05, 0.1) is 6.20 Å². The molecule has 0 aliphatic carbocycles. The van der Waals surface area contributed by atoms with Crippen molar-refractivity contribution in [1.82, 2.24) is 19.6 Å². The lowest BCUT2D eigenvalue weighted by molar-refractivity contribution is 0.890. The molecule has 7 heteroatoms. The van der Waals surface area contributed by atoms with Crippen LogP contribution in [0.4, 0.5) is 17.2 Å². The Morgan fingerprint density at radius 1 is 1.25 bits per heavy atom. The van der Waals surface area contributed by atoms with E-state index in [2.05, 4.69) is 25.3 Å². The zero-order valence-corrected chi connectivity index (χ0v) is 11.1. The van der Waals surface area contributed by atoms with Crippen LogP contribution in [-0.4, -0.2) is 19.6 Å². The van der Waals surface area contributed by atoms with Crippen LogP contribution in [-0.2, 0) is 0 Å². The van der Waals surface area contributed by atoms with Gasteiger partial charge in [-0.2, -0.15) is 0 Å². The maximum absolute atomic E-state index is 5.90. The van der Waals surface area contributed by atoms with Crippen molar-refractivity contribution < 1.29 is 0 Å². The Kier molecular flexibility index (Phi) is 2.86. The molecule has 2 N–H and O–H groups in total. The lowest BCUT2D eigenvalue weighted by Crippen LogP contribution is -1.97. The summed E-state index contributed by atoms with van der Waals surface area (Å²) in [5.74, 6) is 0.304. The summed E-state index contributed by atoms with van der Waals surface area (Å²) in [5.41, 5.74) is 9.45. The smallest absolute Gasteiger partial charge is 0.185 e. The largest absolute Gasteiger partial charge is 0.380 e. The third kappa shape index (κ3) is 2.09. The van der Waals surface area contributed by atoms with Crippen molar-refractivity contribution in [3.05, 3.63) is 42.0 Å². The average molecular weight is 267 g/mol. The van der Waals surface area contributed by atoms with E-state index in [-0.39, 0.29) is 0 Å². The van der Waals surface area contributed by atoms with Gasteiger partial charge < -0.3 is 5.73 Å². The van der Waals surface area contributed by atoms with Gasteiger partial charge in [0.1, 0.15) is 5.69 Å². The van der Waals surface area contributed by atoms with Crippen LogP contribution in [0.2, 0.25) is 0 Å². The molecule has 20 heavy (non-hydrogen) atoms. The number of hydrogen-bond acceptors (Lipinski definition) is 6. The molecule has 3 rings (SSSR count). The van der Waals surface area contributed by atoms with Crippen molar-refractivity contribution in [2.24, 2.45) is 10.2 Å². The van der Waals surface area contributed by atoms with Gasteiger partial charge in [-0.15, -0.1) is 15.3 Å². The highest BCUT2D eigenvalue weighted by Gasteiger charge is 2.13. The number of azo groups is 1. The van der Waals surface area contributed by atoms with Crippen molar-refractivity contribution in [1.29, 1.82) is 0 Å². The maximum atomic E-state index is 5.90. The quantitative estimate of drug-likeness (QED) is 0.722. The van der Waals surface area contributed by atoms with Crippen molar-refractivity contribution in [3.8, 4) is 0 Å². The van der Waals surface area contributed by atoms with Gasteiger partial charge in [0.25, 0.3) is 0 Å². The summed E-state index contributed by atoms with van der Waals surface area (Å²) < 4.78 is 1.67. The van der Waals surface area contributed by atoms with Crippen LogP contribution in [0.1, 0.15) is 11.4 Å². The number of nitrogens with zero attached hydrogens (tertiary/aromatic N) is 6. The summed E-state index contributed by atoms with van der Waals surface area (Å²) in [4.78, 5) is 8.40. The molecular weight excluding hydrogens is 254 g/mol. The minimum absolute atomic E-state index is 0.304. The van der Waals surface area contributed by atoms with E-state index in [9.17, 15) is 0 Å². The Labute approximate surface area is 115 Å². The molecule has 0 radical (unpaired) electrons. The number of aryl methyl sites for hydroxylation is 2. The highest BCUT2D eigenvalue weighted by Crippen LogP contribution is 2.28. The predicted octanol–water partition coefficient (Wildman–Crippen LogP) is 2.74. The number of nitrogen functional groups attached to an aromatic ring is 1. The molecule has 0 amide bonds. The fraction of sp³-hybridized carbons (Fsp3) is 0.154. The number of nitrogens with two attached hydrogens (primary N) is 1. The number of pyridine rings is 1. The number of rotatable bonds is 2. The molecule has 100 valence electrons. The zero-order valence-electron chi connectivity index (χ0n) is 11.1. The molecule has 0 atom stereocenters. The molecule has 0 unspecified atom stereocenters. The van der Waals surface area contributed by atoms with Gasteiger partial charge in [0.2, 0.25) is 0 Å². The van der Waals surface area contributed by atoms with E-state index in [1.54, 1.807) is 23.0 Å². The van der Waals surface area contributed by atoms with Gasteiger partial charge in [-0.3, -0.25) is 4.98 Å². The summed E-state index contributed by atoms with van der Waals surface area (Å²) >= 11 is 0. The minimum atomic E-state index is 0.304. The Bertz CT molecular complexity index is 789. The summed E-state index contributed by atoms with van der Waals surface area (Å²) in [7, 11) is 0. The first-order valence-electron chi connectivity index (χ1n) is 6.09. The molecule has 0 bridgehead atoms. The Morgan fingerprint density at radius 3 is 2.85 bits per heavy atom. The van der Waals surface area contributed by atoms with E-state index in [0.717, 1.165) is 11.4 Å². The van der Waals surface area contributed by atoms with Gasteiger partial charge in [0, 0.05) is 17.6 Å². The highest BCUT2D eigenvalue weighted by atomic mass is 15.3. The molecule has 3 aromatic heterocycles. The number of hydrogen-bond donors (Lipinski definition) is 1. The van der Waals surface area contributed by atoms with Crippen LogP contribution in [0.3, 0.4) is 0 Å². The monoisotopic (exact) mass is 267 g/mol. The van der Waals surface area contributed by atoms with Crippen LogP contribution in [0.5, 0.6) is 0 Å². The Hall–Kier alpha value is -2.83. The molecule has 0 saturated carbocycles. The van der Waals surface area contributed by atoms with Gasteiger partial charge in [-0.25, -0.2) is 9.50 Å². The molecule has 0 saturated heterocycles. The SMILES string of the molecule is Cc1cc(C)n2nc(N)c(N=Nc3cccnc3)c2n1. The normalized spacial score (nSPS) is 11.5. The second-order valence-corrected chi connectivity index (χ2v) is 4.42. The summed E-state index contributed by atoms with van der Waals surface area (Å²) in [6, 6.07) is 5.53. The number of aromatic nitrogens is 4. The molecule has 0 aromatic carbocycles. The van der Waals surface area contributed by atoms with Gasteiger partial charge >= 0.3 is 0 Å². The molecule has 0 aliphatic heterocycles. The van der Waals surface area contributed by atoms with E-state index < -0.39 is 0 Å². The van der Waals surface area contributed by atoms with Crippen LogP contribution >= 0.6 is 0 Å². The first-order valence-corrected chi connectivity index (χ1v) is 6.09. The number of fused-ring (bicyclic) bond motifs is 1. The van der Waals surface area contributed by atoms with E-state index in [1.165, 1.54) is 0 Å². The van der Waals surface area contributed by atoms with Gasteiger partial charge in [-0.1, -0.05) is 0 Å². The summed E-state index contributed by atoms with van der Waals surface area (Å²) in [6.07, 6.45) is 3.30. The third-order valence-corrected chi connectivity index (χ3v) is 2.81. The molecule has 3 heterocycles. The van der Waals surface area contributed by atoms with E-state index in [4.69, 9.17) is 5.73 Å². The van der Waals surface area contributed by atoms with Gasteiger partial charge in [-0.05, 0) is 32.0 Å². The van der Waals surface area contributed by atoms with Crippen molar-refractivity contribution in [2.45, 2.75) is 13.8 Å². The fourth-order valence-corrected chi connectivity index (χ4v) is 1.94. The van der Waals surface area contributed by atoms with E-state index >= 15 is 0 Å². The number of anilines is 1. The van der Waals surface area contributed by atoms with Crippen molar-refractivity contribution in [2.75, 3.05) is 5.73 Å².